The SMILES string of the molecule is Cc1ccc2nc(COC(=O)C[C@H](NC(N)=O)c3ccc(Cl)cc3)cc(=O)n2c1. The van der Waals surface area contributed by atoms with Gasteiger partial charge < -0.3 is 15.8 Å². The number of carbonyl (C=O) groups excluding carboxylic acids is 2. The number of aryl methyl sites for hydroxylation is 1. The van der Waals surface area contributed by atoms with Crippen molar-refractivity contribution in [1.29, 1.82) is 0 Å². The third kappa shape index (κ3) is 5.32. The maximum absolute atomic E-state index is 12.3. The van der Waals surface area contributed by atoms with Crippen molar-refractivity contribution in [3.63, 3.8) is 0 Å². The van der Waals surface area contributed by atoms with E-state index >= 15 is 0 Å². The number of rotatable bonds is 6. The highest BCUT2D eigenvalue weighted by molar-refractivity contribution is 6.30. The maximum Gasteiger partial charge on any atom is 0.312 e. The summed E-state index contributed by atoms with van der Waals surface area (Å²) in [5.41, 5.74) is 7.32. The summed E-state index contributed by atoms with van der Waals surface area (Å²) in [5.74, 6) is -0.579. The number of hydrogen-bond donors (Lipinski definition) is 2. The number of urea groups is 1. The largest absolute Gasteiger partial charge is 0.459 e. The summed E-state index contributed by atoms with van der Waals surface area (Å²) in [7, 11) is 0. The number of nitrogens with zero attached hydrogens (tertiary/aromatic N) is 2. The summed E-state index contributed by atoms with van der Waals surface area (Å²) in [5, 5.41) is 3.04. The van der Waals surface area contributed by atoms with Gasteiger partial charge in [0, 0.05) is 17.3 Å². The fourth-order valence-corrected chi connectivity index (χ4v) is 2.96. The standard InChI is InChI=1S/C20H19ClN4O4/c1-12-2-7-17-23-15(8-18(26)25(17)10-12)11-29-19(27)9-16(24-20(22)28)13-3-5-14(21)6-4-13/h2-8,10,16H,9,11H2,1H3,(H3,22,24,28)/t16-/m0/s1. The van der Waals surface area contributed by atoms with Crippen molar-refractivity contribution in [2.75, 3.05) is 0 Å². The van der Waals surface area contributed by atoms with Crippen LogP contribution in [0.3, 0.4) is 0 Å². The van der Waals surface area contributed by atoms with Crippen LogP contribution in [0.2, 0.25) is 5.02 Å². The first kappa shape index (κ1) is 20.3. The van der Waals surface area contributed by atoms with Crippen molar-refractivity contribution in [2.45, 2.75) is 26.0 Å². The third-order valence-corrected chi connectivity index (χ3v) is 4.45. The highest BCUT2D eigenvalue weighted by Gasteiger charge is 2.19. The van der Waals surface area contributed by atoms with Crippen LogP contribution < -0.4 is 16.6 Å². The molecule has 0 radical (unpaired) electrons. The molecule has 3 aromatic rings. The molecule has 0 saturated carbocycles. The number of benzene rings is 1. The lowest BCUT2D eigenvalue weighted by Gasteiger charge is -2.17. The molecule has 2 aromatic heterocycles. The molecule has 2 amide bonds. The Morgan fingerprint density at radius 3 is 2.66 bits per heavy atom. The fraction of sp³-hybridized carbons (Fsp3) is 0.200. The van der Waals surface area contributed by atoms with E-state index in [1.807, 2.05) is 13.0 Å². The van der Waals surface area contributed by atoms with Crippen LogP contribution in [0.1, 0.15) is 29.3 Å². The van der Waals surface area contributed by atoms with Gasteiger partial charge in [0.25, 0.3) is 5.56 Å². The Morgan fingerprint density at radius 1 is 1.24 bits per heavy atom. The molecular formula is C20H19ClN4O4. The number of esters is 1. The van der Waals surface area contributed by atoms with E-state index in [9.17, 15) is 14.4 Å². The lowest BCUT2D eigenvalue weighted by Crippen LogP contribution is -2.34. The average molecular weight is 415 g/mol. The van der Waals surface area contributed by atoms with Gasteiger partial charge in [-0.1, -0.05) is 29.8 Å². The second kappa shape index (κ2) is 8.74. The molecule has 0 aliphatic rings. The molecule has 0 fully saturated rings. The predicted molar refractivity (Wildman–Crippen MR) is 108 cm³/mol. The molecule has 0 bridgehead atoms. The molecule has 1 atom stereocenters. The Balaban J connectivity index is 1.69. The van der Waals surface area contributed by atoms with Gasteiger partial charge in [-0.15, -0.1) is 0 Å². The van der Waals surface area contributed by atoms with Crippen LogP contribution in [0.25, 0.3) is 5.65 Å². The number of nitrogens with one attached hydrogen (secondary N) is 1. The molecular weight excluding hydrogens is 396 g/mol. The number of ether oxygens (including phenoxy) is 1. The van der Waals surface area contributed by atoms with Crippen molar-refractivity contribution in [3.05, 3.63) is 80.9 Å². The zero-order chi connectivity index (χ0) is 21.0. The van der Waals surface area contributed by atoms with Gasteiger partial charge in [-0.25, -0.2) is 9.78 Å². The smallest absolute Gasteiger partial charge is 0.312 e. The van der Waals surface area contributed by atoms with E-state index in [1.54, 1.807) is 36.5 Å². The first-order chi connectivity index (χ1) is 13.8. The van der Waals surface area contributed by atoms with Gasteiger partial charge in [-0.3, -0.25) is 14.0 Å². The topological polar surface area (TPSA) is 116 Å². The average Bonchev–Trinajstić information content (AvgIpc) is 2.67. The first-order valence-corrected chi connectivity index (χ1v) is 9.15. The maximum atomic E-state index is 12.3. The molecule has 0 aliphatic carbocycles. The summed E-state index contributed by atoms with van der Waals surface area (Å²) in [6.45, 7) is 1.71. The summed E-state index contributed by atoms with van der Waals surface area (Å²) in [6, 6.07) is 10.1. The number of carbonyl (C=O) groups is 2. The van der Waals surface area contributed by atoms with E-state index in [-0.39, 0.29) is 18.6 Å². The van der Waals surface area contributed by atoms with Gasteiger partial charge in [0.15, 0.2) is 0 Å². The van der Waals surface area contributed by atoms with Crippen LogP contribution >= 0.6 is 11.6 Å². The number of halogens is 1. The lowest BCUT2D eigenvalue weighted by molar-refractivity contribution is -0.145. The molecule has 0 unspecified atom stereocenters. The third-order valence-electron chi connectivity index (χ3n) is 4.20. The summed E-state index contributed by atoms with van der Waals surface area (Å²) in [4.78, 5) is 40.1. The molecule has 1 aromatic carbocycles. The van der Waals surface area contributed by atoms with Crippen molar-refractivity contribution >= 4 is 29.2 Å². The number of fused-ring (bicyclic) bond motifs is 1. The van der Waals surface area contributed by atoms with E-state index in [4.69, 9.17) is 22.1 Å². The van der Waals surface area contributed by atoms with Crippen LogP contribution in [-0.4, -0.2) is 21.4 Å². The van der Waals surface area contributed by atoms with Crippen molar-refractivity contribution in [3.8, 4) is 0 Å². The molecule has 8 nitrogen and oxygen atoms in total. The number of pyridine rings is 1. The molecule has 0 aliphatic heterocycles. The predicted octanol–water partition coefficient (Wildman–Crippen LogP) is 2.50. The van der Waals surface area contributed by atoms with Gasteiger partial charge in [0.1, 0.15) is 12.3 Å². The van der Waals surface area contributed by atoms with Crippen LogP contribution in [0.4, 0.5) is 4.79 Å². The zero-order valence-electron chi connectivity index (χ0n) is 15.6. The van der Waals surface area contributed by atoms with Crippen LogP contribution in [-0.2, 0) is 16.1 Å². The number of primary amides is 1. The lowest BCUT2D eigenvalue weighted by atomic mass is 10.0. The molecule has 3 rings (SSSR count). The fourth-order valence-electron chi connectivity index (χ4n) is 2.83. The summed E-state index contributed by atoms with van der Waals surface area (Å²) < 4.78 is 6.67. The Hall–Kier alpha value is -3.39. The molecule has 0 spiro atoms. The Labute approximate surface area is 171 Å². The zero-order valence-corrected chi connectivity index (χ0v) is 16.3. The van der Waals surface area contributed by atoms with E-state index in [0.29, 0.717) is 21.9 Å². The Kier molecular flexibility index (Phi) is 6.13. The van der Waals surface area contributed by atoms with Gasteiger partial charge in [-0.05, 0) is 36.2 Å². The van der Waals surface area contributed by atoms with Crippen molar-refractivity contribution in [1.82, 2.24) is 14.7 Å². The van der Waals surface area contributed by atoms with Gasteiger partial charge >= 0.3 is 12.0 Å². The van der Waals surface area contributed by atoms with E-state index in [2.05, 4.69) is 10.3 Å². The minimum absolute atomic E-state index is 0.143. The highest BCUT2D eigenvalue weighted by Crippen LogP contribution is 2.20. The quantitative estimate of drug-likeness (QED) is 0.601. The highest BCUT2D eigenvalue weighted by atomic mass is 35.5. The van der Waals surface area contributed by atoms with Gasteiger partial charge in [-0.2, -0.15) is 0 Å². The Morgan fingerprint density at radius 2 is 1.97 bits per heavy atom. The number of aromatic nitrogens is 2. The molecule has 29 heavy (non-hydrogen) atoms. The van der Waals surface area contributed by atoms with Crippen LogP contribution in [0, 0.1) is 6.92 Å². The number of hydrogen-bond acceptors (Lipinski definition) is 5. The minimum atomic E-state index is -0.766. The molecule has 3 N–H and O–H groups in total. The molecule has 9 heteroatoms. The van der Waals surface area contributed by atoms with E-state index < -0.39 is 18.0 Å². The van der Waals surface area contributed by atoms with Gasteiger partial charge in [0.2, 0.25) is 0 Å². The van der Waals surface area contributed by atoms with Crippen molar-refractivity contribution in [2.24, 2.45) is 5.73 Å². The normalized spacial score (nSPS) is 11.8. The van der Waals surface area contributed by atoms with Gasteiger partial charge in [0.05, 0.1) is 18.2 Å². The molecule has 2 heterocycles. The second-order valence-corrected chi connectivity index (χ2v) is 6.93. The first-order valence-electron chi connectivity index (χ1n) is 8.78. The number of amides is 2. The van der Waals surface area contributed by atoms with Crippen molar-refractivity contribution < 1.29 is 14.3 Å². The molecule has 150 valence electrons. The van der Waals surface area contributed by atoms with E-state index in [0.717, 1.165) is 5.56 Å². The monoisotopic (exact) mass is 414 g/mol. The second-order valence-electron chi connectivity index (χ2n) is 6.50. The summed E-state index contributed by atoms with van der Waals surface area (Å²) >= 11 is 5.87. The van der Waals surface area contributed by atoms with E-state index in [1.165, 1.54) is 10.5 Å². The number of nitrogens with two attached hydrogens (primary N) is 1. The Bertz CT molecular complexity index is 1110. The molecule has 0 saturated heterocycles. The van der Waals surface area contributed by atoms with Crippen LogP contribution in [0.15, 0.2) is 53.5 Å². The van der Waals surface area contributed by atoms with Crippen LogP contribution in [0.5, 0.6) is 0 Å². The summed E-state index contributed by atoms with van der Waals surface area (Å²) in [6.07, 6.45) is 1.54. The minimum Gasteiger partial charge on any atom is -0.459 e.